The zero-order valence-corrected chi connectivity index (χ0v) is 10.5. The quantitative estimate of drug-likeness (QED) is 0.778. The highest BCUT2D eigenvalue weighted by Crippen LogP contribution is 2.30. The maximum atomic E-state index is 13.2. The second kappa shape index (κ2) is 4.24. The van der Waals surface area contributed by atoms with E-state index in [1.807, 2.05) is 13.8 Å². The maximum Gasteiger partial charge on any atom is 0.254 e. The SMILES string of the molecule is CC(C)C1(O)CN(C(=O)c2cc(N)cc(F)c2)C1. The number of nitrogens with two attached hydrogens (primary N) is 1. The number of nitrogen functional groups attached to an aromatic ring is 1. The molecule has 1 aliphatic heterocycles. The normalized spacial score (nSPS) is 17.7. The Kier molecular flexibility index (Phi) is 3.02. The molecule has 98 valence electrons. The van der Waals surface area contributed by atoms with E-state index in [0.717, 1.165) is 12.1 Å². The summed E-state index contributed by atoms with van der Waals surface area (Å²) >= 11 is 0. The van der Waals surface area contributed by atoms with E-state index < -0.39 is 11.4 Å². The Bertz CT molecular complexity index is 462. The van der Waals surface area contributed by atoms with Crippen molar-refractivity contribution in [2.45, 2.75) is 19.4 Å². The zero-order valence-electron chi connectivity index (χ0n) is 10.5. The van der Waals surface area contributed by atoms with Gasteiger partial charge in [0.1, 0.15) is 11.4 Å². The number of amides is 1. The molecule has 0 radical (unpaired) electrons. The molecule has 5 heteroatoms. The third kappa shape index (κ3) is 2.18. The molecule has 1 aliphatic rings. The first-order chi connectivity index (χ1) is 8.32. The summed E-state index contributed by atoms with van der Waals surface area (Å²) in [5.74, 6) is -0.747. The molecule has 0 saturated carbocycles. The molecule has 1 aromatic rings. The maximum absolute atomic E-state index is 13.2. The van der Waals surface area contributed by atoms with Crippen LogP contribution >= 0.6 is 0 Å². The number of hydrogen-bond donors (Lipinski definition) is 2. The molecule has 0 atom stereocenters. The van der Waals surface area contributed by atoms with Crippen LogP contribution in [-0.4, -0.2) is 34.6 Å². The molecule has 0 aliphatic carbocycles. The summed E-state index contributed by atoms with van der Waals surface area (Å²) < 4.78 is 13.2. The van der Waals surface area contributed by atoms with Crippen LogP contribution in [0.15, 0.2) is 18.2 Å². The topological polar surface area (TPSA) is 66.6 Å². The number of likely N-dealkylation sites (tertiary alicyclic amines) is 1. The van der Waals surface area contributed by atoms with Crippen LogP contribution in [0.4, 0.5) is 10.1 Å². The lowest BCUT2D eigenvalue weighted by Gasteiger charge is -2.49. The number of anilines is 1. The lowest BCUT2D eigenvalue weighted by Crippen LogP contribution is -2.65. The first-order valence-electron chi connectivity index (χ1n) is 5.89. The van der Waals surface area contributed by atoms with Crippen molar-refractivity contribution in [3.05, 3.63) is 29.6 Å². The van der Waals surface area contributed by atoms with Gasteiger partial charge in [0.15, 0.2) is 0 Å². The Morgan fingerprint density at radius 3 is 2.56 bits per heavy atom. The van der Waals surface area contributed by atoms with Gasteiger partial charge in [0.2, 0.25) is 0 Å². The highest BCUT2D eigenvalue weighted by molar-refractivity contribution is 5.95. The number of β-amino-alcohol motifs (C(OH)–C–C–N with tert-alkyl or cyclic N) is 1. The van der Waals surface area contributed by atoms with E-state index >= 15 is 0 Å². The van der Waals surface area contributed by atoms with Gasteiger partial charge in [-0.2, -0.15) is 0 Å². The van der Waals surface area contributed by atoms with Crippen molar-refractivity contribution in [3.8, 4) is 0 Å². The van der Waals surface area contributed by atoms with E-state index in [0.29, 0.717) is 0 Å². The van der Waals surface area contributed by atoms with Gasteiger partial charge in [-0.25, -0.2) is 4.39 Å². The van der Waals surface area contributed by atoms with E-state index in [-0.39, 0.29) is 36.2 Å². The van der Waals surface area contributed by atoms with Crippen LogP contribution in [0.2, 0.25) is 0 Å². The Morgan fingerprint density at radius 1 is 1.44 bits per heavy atom. The van der Waals surface area contributed by atoms with Crippen molar-refractivity contribution in [3.63, 3.8) is 0 Å². The molecule has 4 nitrogen and oxygen atoms in total. The molecule has 1 heterocycles. The van der Waals surface area contributed by atoms with Crippen LogP contribution in [0.3, 0.4) is 0 Å². The number of aliphatic hydroxyl groups is 1. The Labute approximate surface area is 105 Å². The molecule has 1 saturated heterocycles. The third-order valence-electron chi connectivity index (χ3n) is 3.46. The first kappa shape index (κ1) is 12.8. The summed E-state index contributed by atoms with van der Waals surface area (Å²) in [7, 11) is 0. The number of carbonyl (C=O) groups is 1. The number of rotatable bonds is 2. The first-order valence-corrected chi connectivity index (χ1v) is 5.89. The van der Waals surface area contributed by atoms with Crippen LogP contribution in [0.5, 0.6) is 0 Å². The van der Waals surface area contributed by atoms with Crippen LogP contribution in [0.25, 0.3) is 0 Å². The Morgan fingerprint density at radius 2 is 2.06 bits per heavy atom. The standard InChI is InChI=1S/C13H17FN2O2/c1-8(2)13(18)6-16(7-13)12(17)9-3-10(14)5-11(15)4-9/h3-5,8,18H,6-7,15H2,1-2H3. The third-order valence-corrected chi connectivity index (χ3v) is 3.46. The molecule has 1 fully saturated rings. The lowest BCUT2D eigenvalue weighted by atomic mass is 9.82. The smallest absolute Gasteiger partial charge is 0.254 e. The minimum atomic E-state index is -0.825. The van der Waals surface area contributed by atoms with E-state index in [1.54, 1.807) is 0 Å². The summed E-state index contributed by atoms with van der Waals surface area (Å²) in [4.78, 5) is 13.5. The number of benzene rings is 1. The van der Waals surface area contributed by atoms with Gasteiger partial charge < -0.3 is 15.7 Å². The average molecular weight is 252 g/mol. The van der Waals surface area contributed by atoms with Gasteiger partial charge in [-0.05, 0) is 24.1 Å². The summed E-state index contributed by atoms with van der Waals surface area (Å²) in [6.07, 6.45) is 0. The molecule has 0 bridgehead atoms. The molecular weight excluding hydrogens is 235 g/mol. The van der Waals surface area contributed by atoms with Crippen molar-refractivity contribution in [2.24, 2.45) is 5.92 Å². The monoisotopic (exact) mass is 252 g/mol. The van der Waals surface area contributed by atoms with Crippen molar-refractivity contribution in [1.29, 1.82) is 0 Å². The van der Waals surface area contributed by atoms with Gasteiger partial charge in [-0.15, -0.1) is 0 Å². The molecule has 0 unspecified atom stereocenters. The molecular formula is C13H17FN2O2. The number of hydrogen-bond acceptors (Lipinski definition) is 3. The van der Waals surface area contributed by atoms with Crippen LogP contribution in [0.1, 0.15) is 24.2 Å². The van der Waals surface area contributed by atoms with Crippen molar-refractivity contribution in [2.75, 3.05) is 18.8 Å². The number of halogens is 1. The Hall–Kier alpha value is -1.62. The van der Waals surface area contributed by atoms with E-state index in [2.05, 4.69) is 0 Å². The fourth-order valence-corrected chi connectivity index (χ4v) is 2.04. The fraction of sp³-hybridized carbons (Fsp3) is 0.462. The highest BCUT2D eigenvalue weighted by atomic mass is 19.1. The van der Waals surface area contributed by atoms with Gasteiger partial charge in [-0.1, -0.05) is 13.8 Å². The van der Waals surface area contributed by atoms with Gasteiger partial charge in [0.05, 0.1) is 13.1 Å². The predicted molar refractivity (Wildman–Crippen MR) is 66.5 cm³/mol. The van der Waals surface area contributed by atoms with Crippen LogP contribution in [-0.2, 0) is 0 Å². The van der Waals surface area contributed by atoms with Gasteiger partial charge in [0, 0.05) is 11.3 Å². The second-order valence-electron chi connectivity index (χ2n) is 5.19. The zero-order chi connectivity index (χ0) is 13.5. The summed E-state index contributed by atoms with van der Waals surface area (Å²) in [5.41, 5.74) is 5.11. The number of nitrogens with zero attached hydrogens (tertiary/aromatic N) is 1. The molecule has 18 heavy (non-hydrogen) atoms. The molecule has 3 N–H and O–H groups in total. The lowest BCUT2D eigenvalue weighted by molar-refractivity contribution is -0.110. The van der Waals surface area contributed by atoms with E-state index in [9.17, 15) is 14.3 Å². The van der Waals surface area contributed by atoms with E-state index in [4.69, 9.17) is 5.73 Å². The summed E-state index contributed by atoms with van der Waals surface area (Å²) in [6.45, 7) is 4.36. The summed E-state index contributed by atoms with van der Waals surface area (Å²) in [6, 6.07) is 3.76. The predicted octanol–water partition coefficient (Wildman–Crippen LogP) is 1.25. The molecule has 1 amide bonds. The highest BCUT2D eigenvalue weighted by Gasteiger charge is 2.45. The van der Waals surface area contributed by atoms with Gasteiger partial charge in [-0.3, -0.25) is 4.79 Å². The fourth-order valence-electron chi connectivity index (χ4n) is 2.04. The van der Waals surface area contributed by atoms with Crippen LogP contribution < -0.4 is 5.73 Å². The largest absolute Gasteiger partial charge is 0.399 e. The van der Waals surface area contributed by atoms with Crippen molar-refractivity contribution in [1.82, 2.24) is 4.90 Å². The van der Waals surface area contributed by atoms with Crippen molar-refractivity contribution < 1.29 is 14.3 Å². The molecule has 0 spiro atoms. The van der Waals surface area contributed by atoms with Crippen molar-refractivity contribution >= 4 is 11.6 Å². The molecule has 0 aromatic heterocycles. The van der Waals surface area contributed by atoms with Gasteiger partial charge >= 0.3 is 0 Å². The van der Waals surface area contributed by atoms with Crippen LogP contribution in [0, 0.1) is 11.7 Å². The minimum absolute atomic E-state index is 0.0825. The van der Waals surface area contributed by atoms with E-state index in [1.165, 1.54) is 11.0 Å². The molecule has 2 rings (SSSR count). The summed E-state index contributed by atoms with van der Waals surface area (Å²) in [5, 5.41) is 10.1. The average Bonchev–Trinajstić information content (AvgIpc) is 2.22. The van der Waals surface area contributed by atoms with Gasteiger partial charge in [0.25, 0.3) is 5.91 Å². The molecule has 1 aromatic carbocycles. The minimum Gasteiger partial charge on any atom is -0.399 e. The Balaban J connectivity index is 2.10. The number of carbonyl (C=O) groups excluding carboxylic acids is 1. The second-order valence-corrected chi connectivity index (χ2v) is 5.19.